The molecular weight excluding hydrogens is 500 g/mol. The maximum atomic E-state index is 13.2. The molecule has 0 unspecified atom stereocenters. The smallest absolute Gasteiger partial charge is 0.360 e. The van der Waals surface area contributed by atoms with Gasteiger partial charge in [0.15, 0.2) is 11.3 Å². The first-order valence-corrected chi connectivity index (χ1v) is 12.7. The third kappa shape index (κ3) is 5.53. The lowest BCUT2D eigenvalue weighted by molar-refractivity contribution is 0.102. The number of hydrogen-bond donors (Lipinski definition) is 2. The number of nitrogens with one attached hydrogen (secondary N) is 2. The molecule has 39 heavy (non-hydrogen) atoms. The van der Waals surface area contributed by atoms with E-state index in [1.807, 2.05) is 24.3 Å². The number of methoxy groups -OCH3 is 3. The fourth-order valence-corrected chi connectivity index (χ4v) is 4.67. The third-order valence-electron chi connectivity index (χ3n) is 6.70. The van der Waals surface area contributed by atoms with Crippen LogP contribution in [0.25, 0.3) is 22.1 Å². The number of amides is 1. The number of fused-ring (bicyclic) bond motifs is 1. The Morgan fingerprint density at radius 2 is 1.72 bits per heavy atom. The highest BCUT2D eigenvalue weighted by atomic mass is 16.5. The van der Waals surface area contributed by atoms with Crippen LogP contribution >= 0.6 is 0 Å². The summed E-state index contributed by atoms with van der Waals surface area (Å²) in [6, 6.07) is 17.6. The van der Waals surface area contributed by atoms with Gasteiger partial charge in [0.05, 0.1) is 21.3 Å². The highest BCUT2D eigenvalue weighted by Crippen LogP contribution is 2.37. The van der Waals surface area contributed by atoms with E-state index in [0.717, 1.165) is 31.5 Å². The van der Waals surface area contributed by atoms with E-state index >= 15 is 0 Å². The van der Waals surface area contributed by atoms with Crippen molar-refractivity contribution in [2.45, 2.75) is 18.9 Å². The molecule has 0 saturated carbocycles. The zero-order valence-corrected chi connectivity index (χ0v) is 22.0. The highest BCUT2D eigenvalue weighted by Gasteiger charge is 2.21. The fraction of sp³-hybridized carbons (Fsp3) is 0.267. The Morgan fingerprint density at radius 3 is 2.46 bits per heavy atom. The second-order valence-electron chi connectivity index (χ2n) is 9.13. The molecule has 1 aromatic heterocycles. The van der Waals surface area contributed by atoms with Gasteiger partial charge in [-0.1, -0.05) is 12.1 Å². The summed E-state index contributed by atoms with van der Waals surface area (Å²) in [6.07, 6.45) is 1.80. The van der Waals surface area contributed by atoms with Crippen LogP contribution in [0.5, 0.6) is 23.0 Å². The predicted octanol–water partition coefficient (Wildman–Crippen LogP) is 4.87. The van der Waals surface area contributed by atoms with Crippen LogP contribution in [0.2, 0.25) is 0 Å². The first-order valence-electron chi connectivity index (χ1n) is 12.7. The molecule has 0 bridgehead atoms. The van der Waals surface area contributed by atoms with Crippen molar-refractivity contribution in [1.82, 2.24) is 5.32 Å². The lowest BCUT2D eigenvalue weighted by atomic mass is 10.0. The highest BCUT2D eigenvalue weighted by molar-refractivity contribution is 6.06. The molecule has 0 spiro atoms. The van der Waals surface area contributed by atoms with Crippen LogP contribution < -0.4 is 35.2 Å². The Labute approximate surface area is 225 Å². The lowest BCUT2D eigenvalue weighted by Gasteiger charge is -2.24. The summed E-state index contributed by atoms with van der Waals surface area (Å²) < 4.78 is 28.2. The van der Waals surface area contributed by atoms with Gasteiger partial charge >= 0.3 is 5.63 Å². The lowest BCUT2D eigenvalue weighted by Crippen LogP contribution is -2.34. The number of piperidine rings is 1. The Hall–Kier alpha value is -4.50. The van der Waals surface area contributed by atoms with Crippen molar-refractivity contribution in [3.63, 3.8) is 0 Å². The molecular formula is C30H30N2O7. The maximum absolute atomic E-state index is 13.2. The largest absolute Gasteiger partial charge is 0.497 e. The zero-order valence-electron chi connectivity index (χ0n) is 22.0. The molecule has 1 aliphatic heterocycles. The van der Waals surface area contributed by atoms with E-state index in [1.165, 1.54) is 7.11 Å². The van der Waals surface area contributed by atoms with Gasteiger partial charge in [0.2, 0.25) is 5.75 Å². The number of carbonyl (C=O) groups excluding carboxylic acids is 1. The molecule has 0 radical (unpaired) electrons. The SMILES string of the molecule is COc1cccc(-c2cc(C(=O)Nc3cc4ccc(OC5CCNCC5)c(OC)c4oc3=O)ccc2OC)c1. The molecule has 1 amide bonds. The van der Waals surface area contributed by atoms with Crippen LogP contribution in [0.3, 0.4) is 0 Å². The number of benzene rings is 3. The summed E-state index contributed by atoms with van der Waals surface area (Å²) in [5.41, 5.74) is 1.45. The van der Waals surface area contributed by atoms with Crippen molar-refractivity contribution in [2.75, 3.05) is 39.7 Å². The van der Waals surface area contributed by atoms with Crippen LogP contribution in [-0.2, 0) is 0 Å². The minimum atomic E-state index is -0.699. The second-order valence-corrected chi connectivity index (χ2v) is 9.13. The average molecular weight is 531 g/mol. The molecule has 4 aromatic rings. The van der Waals surface area contributed by atoms with Gasteiger partial charge in [-0.25, -0.2) is 4.79 Å². The molecule has 1 saturated heterocycles. The van der Waals surface area contributed by atoms with E-state index in [0.29, 0.717) is 39.5 Å². The molecule has 0 aliphatic carbocycles. The third-order valence-corrected chi connectivity index (χ3v) is 6.70. The van der Waals surface area contributed by atoms with Gasteiger partial charge in [0.25, 0.3) is 5.91 Å². The second kappa shape index (κ2) is 11.5. The standard InChI is InChI=1S/C30H30N2O7/c1-35-22-6-4-5-18(15-22)23-16-20(8-9-25(23)36-2)29(33)32-24-17-19-7-10-26(38-21-11-13-31-14-12-21)28(37-3)27(19)39-30(24)34/h4-10,15-17,21,31H,11-14H2,1-3H3,(H,32,33). The van der Waals surface area contributed by atoms with Gasteiger partial charge in [0, 0.05) is 16.5 Å². The van der Waals surface area contributed by atoms with Crippen LogP contribution in [0.15, 0.2) is 69.9 Å². The van der Waals surface area contributed by atoms with Crippen molar-refractivity contribution in [3.8, 4) is 34.1 Å². The first-order chi connectivity index (χ1) is 19.0. The summed E-state index contributed by atoms with van der Waals surface area (Å²) in [4.78, 5) is 26.1. The minimum absolute atomic E-state index is 0.0142. The van der Waals surface area contributed by atoms with E-state index in [4.69, 9.17) is 23.4 Å². The summed E-state index contributed by atoms with van der Waals surface area (Å²) in [5.74, 6) is 1.67. The summed E-state index contributed by atoms with van der Waals surface area (Å²) in [7, 11) is 4.66. The molecule has 1 fully saturated rings. The topological polar surface area (TPSA) is 108 Å². The van der Waals surface area contributed by atoms with Crippen molar-refractivity contribution in [2.24, 2.45) is 0 Å². The molecule has 1 aliphatic rings. The van der Waals surface area contributed by atoms with Crippen LogP contribution in [0.4, 0.5) is 5.69 Å². The number of ether oxygens (including phenoxy) is 4. The summed E-state index contributed by atoms with van der Waals surface area (Å²) in [5, 5.41) is 6.58. The normalized spacial score (nSPS) is 13.6. The van der Waals surface area contributed by atoms with Crippen molar-refractivity contribution >= 4 is 22.6 Å². The quantitative estimate of drug-likeness (QED) is 0.311. The Bertz CT molecular complexity index is 1560. The fourth-order valence-electron chi connectivity index (χ4n) is 4.67. The molecule has 5 rings (SSSR count). The molecule has 0 atom stereocenters. The minimum Gasteiger partial charge on any atom is -0.497 e. The monoisotopic (exact) mass is 530 g/mol. The van der Waals surface area contributed by atoms with E-state index in [-0.39, 0.29) is 17.4 Å². The number of rotatable bonds is 8. The Kier molecular flexibility index (Phi) is 7.69. The average Bonchev–Trinajstić information content (AvgIpc) is 2.97. The van der Waals surface area contributed by atoms with Crippen molar-refractivity contribution < 1.29 is 28.2 Å². The molecule has 2 N–H and O–H groups in total. The Morgan fingerprint density at radius 1 is 0.923 bits per heavy atom. The van der Waals surface area contributed by atoms with Gasteiger partial charge < -0.3 is 34.0 Å². The van der Waals surface area contributed by atoms with Crippen LogP contribution in [0, 0.1) is 0 Å². The van der Waals surface area contributed by atoms with Gasteiger partial charge in [-0.3, -0.25) is 4.79 Å². The van der Waals surface area contributed by atoms with Crippen LogP contribution in [-0.4, -0.2) is 46.4 Å². The van der Waals surface area contributed by atoms with Gasteiger partial charge in [-0.05, 0) is 80.0 Å². The van der Waals surface area contributed by atoms with E-state index < -0.39 is 11.5 Å². The first kappa shape index (κ1) is 26.1. The molecule has 2 heterocycles. The van der Waals surface area contributed by atoms with E-state index in [1.54, 1.807) is 50.6 Å². The molecule has 202 valence electrons. The van der Waals surface area contributed by atoms with Gasteiger partial charge in [-0.2, -0.15) is 0 Å². The molecule has 9 heteroatoms. The van der Waals surface area contributed by atoms with Gasteiger partial charge in [-0.15, -0.1) is 0 Å². The predicted molar refractivity (Wildman–Crippen MR) is 148 cm³/mol. The van der Waals surface area contributed by atoms with Gasteiger partial charge in [0.1, 0.15) is 23.3 Å². The van der Waals surface area contributed by atoms with Crippen molar-refractivity contribution in [3.05, 3.63) is 76.6 Å². The number of anilines is 1. The van der Waals surface area contributed by atoms with E-state index in [9.17, 15) is 9.59 Å². The summed E-state index contributed by atoms with van der Waals surface area (Å²) >= 11 is 0. The Balaban J connectivity index is 1.43. The number of carbonyl (C=O) groups is 1. The number of hydrogen-bond acceptors (Lipinski definition) is 8. The van der Waals surface area contributed by atoms with E-state index in [2.05, 4.69) is 10.6 Å². The van der Waals surface area contributed by atoms with Crippen LogP contribution in [0.1, 0.15) is 23.2 Å². The zero-order chi connectivity index (χ0) is 27.4. The van der Waals surface area contributed by atoms with Crippen molar-refractivity contribution in [1.29, 1.82) is 0 Å². The maximum Gasteiger partial charge on any atom is 0.360 e. The summed E-state index contributed by atoms with van der Waals surface area (Å²) in [6.45, 7) is 1.77. The molecule has 3 aromatic carbocycles. The molecule has 9 nitrogen and oxygen atoms in total.